The standard InChI is InChI=1S/C14H19NO4P.CH4O4S/c1-4-17-20(16,18-5-2)19-13-10-12-8-6-7-9-14(12)15(3)11-13;1-5-6(2,3)4/h6-11H,4-5H2,1-3H3;1H3,(H,2,3,4)/q+1;/p-1. The average molecular weight is 407 g/mol. The SMILES string of the molecule is CCOP(=O)(OCC)Oc1cc2ccccc2[n+](C)c1.COS(=O)(=O)[O-]. The lowest BCUT2D eigenvalue weighted by Gasteiger charge is -2.16. The van der Waals surface area contributed by atoms with Crippen LogP contribution in [0.4, 0.5) is 0 Å². The third-order valence-electron chi connectivity index (χ3n) is 2.93. The molecule has 0 aliphatic carbocycles. The minimum Gasteiger partial charge on any atom is -0.726 e. The second-order valence-corrected chi connectivity index (χ2v) is 7.54. The largest absolute Gasteiger partial charge is 0.726 e. The maximum absolute atomic E-state index is 12.4. The van der Waals surface area contributed by atoms with Crippen molar-refractivity contribution in [3.63, 3.8) is 0 Å². The predicted octanol–water partition coefficient (Wildman–Crippen LogP) is 2.32. The van der Waals surface area contributed by atoms with E-state index in [2.05, 4.69) is 4.18 Å². The summed E-state index contributed by atoms with van der Waals surface area (Å²) in [6.07, 6.45) is 1.76. The molecule has 146 valence electrons. The number of fused-ring (bicyclic) bond motifs is 1. The molecule has 0 fully saturated rings. The Morgan fingerprint density at radius 3 is 2.19 bits per heavy atom. The third kappa shape index (κ3) is 7.36. The van der Waals surface area contributed by atoms with E-state index < -0.39 is 18.2 Å². The van der Waals surface area contributed by atoms with Crippen LogP contribution < -0.4 is 9.09 Å². The van der Waals surface area contributed by atoms with Crippen molar-refractivity contribution in [1.82, 2.24) is 0 Å². The van der Waals surface area contributed by atoms with E-state index in [0.29, 0.717) is 5.75 Å². The number of rotatable bonds is 7. The van der Waals surface area contributed by atoms with Crippen molar-refractivity contribution in [2.75, 3.05) is 20.3 Å². The van der Waals surface area contributed by atoms with Gasteiger partial charge in [-0.15, -0.1) is 0 Å². The van der Waals surface area contributed by atoms with E-state index in [1.54, 1.807) is 20.0 Å². The Morgan fingerprint density at radius 2 is 1.69 bits per heavy atom. The fourth-order valence-corrected chi connectivity index (χ4v) is 3.14. The van der Waals surface area contributed by atoms with Crippen molar-refractivity contribution in [3.05, 3.63) is 36.5 Å². The summed E-state index contributed by atoms with van der Waals surface area (Å²) in [6, 6.07) is 9.70. The van der Waals surface area contributed by atoms with Crippen LogP contribution in [0.1, 0.15) is 13.8 Å². The van der Waals surface area contributed by atoms with Gasteiger partial charge in [0.25, 0.3) is 0 Å². The molecule has 0 saturated heterocycles. The molecule has 1 aromatic heterocycles. The van der Waals surface area contributed by atoms with Gasteiger partial charge >= 0.3 is 7.82 Å². The summed E-state index contributed by atoms with van der Waals surface area (Å²) in [5.74, 6) is 0.455. The van der Waals surface area contributed by atoms with E-state index >= 15 is 0 Å². The van der Waals surface area contributed by atoms with E-state index in [1.807, 2.05) is 41.9 Å². The molecule has 11 heteroatoms. The number of para-hydroxylation sites is 1. The molecule has 0 bridgehead atoms. The Balaban J connectivity index is 0.000000487. The Labute approximate surface area is 153 Å². The molecule has 0 aliphatic rings. The zero-order valence-corrected chi connectivity index (χ0v) is 16.7. The van der Waals surface area contributed by atoms with Crippen molar-refractivity contribution in [2.24, 2.45) is 7.05 Å². The molecule has 0 spiro atoms. The van der Waals surface area contributed by atoms with Crippen LogP contribution in [-0.2, 0) is 35.2 Å². The summed E-state index contributed by atoms with van der Waals surface area (Å²) in [6.45, 7) is 4.01. The first-order valence-corrected chi connectivity index (χ1v) is 10.4. The Morgan fingerprint density at radius 1 is 1.15 bits per heavy atom. The molecule has 0 saturated carbocycles. The molecule has 1 aromatic carbocycles. The van der Waals surface area contributed by atoms with E-state index in [0.717, 1.165) is 18.0 Å². The zero-order chi connectivity index (χ0) is 19.8. The normalized spacial score (nSPS) is 11.7. The van der Waals surface area contributed by atoms with Gasteiger partial charge in [0.15, 0.2) is 5.75 Å². The highest BCUT2D eigenvalue weighted by Crippen LogP contribution is 2.49. The molecule has 2 aromatic rings. The van der Waals surface area contributed by atoms with E-state index in [9.17, 15) is 17.5 Å². The number of aryl methyl sites for hydroxylation is 1. The molecular formula is C15H22NO8PS. The predicted molar refractivity (Wildman–Crippen MR) is 93.3 cm³/mol. The van der Waals surface area contributed by atoms with Crippen molar-refractivity contribution >= 4 is 29.1 Å². The van der Waals surface area contributed by atoms with Gasteiger partial charge in [-0.05, 0) is 19.9 Å². The van der Waals surface area contributed by atoms with Crippen LogP contribution in [0.3, 0.4) is 0 Å². The zero-order valence-electron chi connectivity index (χ0n) is 14.9. The van der Waals surface area contributed by atoms with Crippen LogP contribution in [-0.4, -0.2) is 33.3 Å². The summed E-state index contributed by atoms with van der Waals surface area (Å²) in [5, 5.41) is 0.993. The molecule has 26 heavy (non-hydrogen) atoms. The van der Waals surface area contributed by atoms with Gasteiger partial charge in [0.05, 0.1) is 25.7 Å². The van der Waals surface area contributed by atoms with Crippen LogP contribution in [0.15, 0.2) is 36.5 Å². The number of phosphoric acid groups is 1. The molecule has 0 aliphatic heterocycles. The molecule has 0 N–H and O–H groups in total. The molecule has 2 rings (SSSR count). The molecule has 1 heterocycles. The third-order valence-corrected chi connectivity index (χ3v) is 4.92. The number of hydrogen-bond donors (Lipinski definition) is 0. The summed E-state index contributed by atoms with van der Waals surface area (Å²) in [7, 11) is -5.25. The number of nitrogens with zero attached hydrogens (tertiary/aromatic N) is 1. The topological polar surface area (TPSA) is 115 Å². The Kier molecular flexibility index (Phi) is 8.61. The van der Waals surface area contributed by atoms with Crippen LogP contribution in [0.5, 0.6) is 5.75 Å². The van der Waals surface area contributed by atoms with Gasteiger partial charge in [0, 0.05) is 12.1 Å². The van der Waals surface area contributed by atoms with Crippen LogP contribution in [0.2, 0.25) is 0 Å². The number of phosphoric ester groups is 1. The number of pyridine rings is 1. The number of hydrogen-bond acceptors (Lipinski definition) is 8. The monoisotopic (exact) mass is 407 g/mol. The highest BCUT2D eigenvalue weighted by atomic mass is 32.3. The minimum atomic E-state index is -4.41. The highest BCUT2D eigenvalue weighted by Gasteiger charge is 2.28. The lowest BCUT2D eigenvalue weighted by atomic mass is 10.2. The quantitative estimate of drug-likeness (QED) is 0.297. The van der Waals surface area contributed by atoms with Gasteiger partial charge in [0.2, 0.25) is 22.1 Å². The molecule has 0 amide bonds. The van der Waals surface area contributed by atoms with Crippen molar-refractivity contribution in [3.8, 4) is 5.75 Å². The lowest BCUT2D eigenvalue weighted by molar-refractivity contribution is -0.645. The van der Waals surface area contributed by atoms with E-state index in [1.165, 1.54) is 0 Å². The first-order chi connectivity index (χ1) is 12.1. The summed E-state index contributed by atoms with van der Waals surface area (Å²) >= 11 is 0. The first-order valence-electron chi connectivity index (χ1n) is 7.62. The fourth-order valence-electron chi connectivity index (χ4n) is 1.97. The van der Waals surface area contributed by atoms with Gasteiger partial charge in [-0.3, -0.25) is 13.2 Å². The number of benzene rings is 1. The van der Waals surface area contributed by atoms with Gasteiger partial charge in [0.1, 0.15) is 7.05 Å². The maximum atomic E-state index is 12.4. The van der Waals surface area contributed by atoms with Gasteiger partial charge < -0.3 is 9.08 Å². The van der Waals surface area contributed by atoms with Crippen molar-refractivity contribution in [1.29, 1.82) is 0 Å². The number of aromatic nitrogens is 1. The van der Waals surface area contributed by atoms with Gasteiger partial charge in [-0.2, -0.15) is 4.57 Å². The molecule has 0 radical (unpaired) electrons. The fraction of sp³-hybridized carbons (Fsp3) is 0.400. The Hall–Kier alpha value is -1.55. The summed E-state index contributed by atoms with van der Waals surface area (Å²) in [5.41, 5.74) is 1.06. The van der Waals surface area contributed by atoms with Gasteiger partial charge in [-0.25, -0.2) is 13.0 Å². The maximum Gasteiger partial charge on any atom is 0.530 e. The summed E-state index contributed by atoms with van der Waals surface area (Å²) < 4.78 is 61.0. The molecule has 0 unspecified atom stereocenters. The Bertz CT molecular complexity index is 861. The molecular weight excluding hydrogens is 385 g/mol. The van der Waals surface area contributed by atoms with Crippen LogP contribution >= 0.6 is 7.82 Å². The lowest BCUT2D eigenvalue weighted by Crippen LogP contribution is -2.28. The van der Waals surface area contributed by atoms with E-state index in [4.69, 9.17) is 13.6 Å². The minimum absolute atomic E-state index is 0.261. The second kappa shape index (κ2) is 9.96. The highest BCUT2D eigenvalue weighted by molar-refractivity contribution is 7.80. The first kappa shape index (κ1) is 22.5. The van der Waals surface area contributed by atoms with Crippen molar-refractivity contribution < 1.29 is 39.9 Å². The second-order valence-electron chi connectivity index (χ2n) is 4.79. The van der Waals surface area contributed by atoms with Crippen molar-refractivity contribution in [2.45, 2.75) is 13.8 Å². The van der Waals surface area contributed by atoms with Crippen LogP contribution in [0, 0.1) is 0 Å². The molecule has 0 atom stereocenters. The smallest absolute Gasteiger partial charge is 0.530 e. The molecule has 9 nitrogen and oxygen atoms in total. The van der Waals surface area contributed by atoms with Crippen LogP contribution in [0.25, 0.3) is 10.9 Å². The van der Waals surface area contributed by atoms with Gasteiger partial charge in [-0.1, -0.05) is 12.1 Å². The van der Waals surface area contributed by atoms with E-state index in [-0.39, 0.29) is 13.2 Å². The summed E-state index contributed by atoms with van der Waals surface area (Å²) in [4.78, 5) is 0. The average Bonchev–Trinajstić information content (AvgIpc) is 2.55.